The number of aryl methyl sites for hydroxylation is 1. The van der Waals surface area contributed by atoms with Crippen LogP contribution < -0.4 is 16.5 Å². The number of rotatable bonds is 4. The minimum absolute atomic E-state index is 0.108. The molecule has 0 fully saturated rings. The Bertz CT molecular complexity index is 724. The van der Waals surface area contributed by atoms with E-state index < -0.39 is 5.69 Å². The Hall–Kier alpha value is -1.89. The molecule has 2 N–H and O–H groups in total. The lowest BCUT2D eigenvalue weighted by Crippen LogP contribution is -2.36. The first-order valence-corrected chi connectivity index (χ1v) is 6.76. The second-order valence-electron chi connectivity index (χ2n) is 4.20. The Labute approximate surface area is 131 Å². The van der Waals surface area contributed by atoms with Gasteiger partial charge in [0.1, 0.15) is 5.82 Å². The summed E-state index contributed by atoms with van der Waals surface area (Å²) in [6, 6.07) is 4.96. The molecule has 0 atom stereocenters. The van der Waals surface area contributed by atoms with E-state index in [-0.39, 0.29) is 5.95 Å². The molecule has 0 saturated heterocycles. The highest BCUT2D eigenvalue weighted by atomic mass is 35.5. The van der Waals surface area contributed by atoms with E-state index in [2.05, 4.69) is 16.5 Å². The molecule has 21 heavy (non-hydrogen) atoms. The van der Waals surface area contributed by atoms with Gasteiger partial charge in [-0.2, -0.15) is 9.97 Å². The molecule has 0 bridgehead atoms. The molecule has 0 aliphatic heterocycles. The maximum Gasteiger partial charge on any atom is 0.357 e. The van der Waals surface area contributed by atoms with Gasteiger partial charge in [0.05, 0.1) is 22.3 Å². The molecule has 1 heterocycles. The standard InChI is InChI=1S/C13H13Cl2N5O/c1-3-7-19(16)12-17-8(2)20(13(21)18-12)11-9(14)5-4-6-10(11)15/h3-6H,1,7,16H2,2H3. The summed E-state index contributed by atoms with van der Waals surface area (Å²) >= 11 is 12.2. The topological polar surface area (TPSA) is 77.0 Å². The highest BCUT2D eigenvalue weighted by Gasteiger charge is 2.16. The van der Waals surface area contributed by atoms with Gasteiger partial charge in [0.15, 0.2) is 0 Å². The van der Waals surface area contributed by atoms with Crippen molar-refractivity contribution < 1.29 is 0 Å². The van der Waals surface area contributed by atoms with E-state index >= 15 is 0 Å². The zero-order valence-electron chi connectivity index (χ0n) is 11.3. The zero-order valence-corrected chi connectivity index (χ0v) is 12.8. The molecule has 0 radical (unpaired) electrons. The van der Waals surface area contributed by atoms with E-state index in [4.69, 9.17) is 29.0 Å². The van der Waals surface area contributed by atoms with Crippen LogP contribution in [0.5, 0.6) is 0 Å². The van der Waals surface area contributed by atoms with Crippen molar-refractivity contribution in [3.8, 4) is 5.69 Å². The summed E-state index contributed by atoms with van der Waals surface area (Å²) in [7, 11) is 0. The van der Waals surface area contributed by atoms with Crippen molar-refractivity contribution in [1.29, 1.82) is 0 Å². The largest absolute Gasteiger partial charge is 0.357 e. The molecule has 0 aliphatic carbocycles. The van der Waals surface area contributed by atoms with Gasteiger partial charge in [-0.05, 0) is 19.1 Å². The van der Waals surface area contributed by atoms with Gasteiger partial charge < -0.3 is 0 Å². The van der Waals surface area contributed by atoms with Crippen LogP contribution in [0.2, 0.25) is 10.0 Å². The Morgan fingerprint density at radius 2 is 2.00 bits per heavy atom. The summed E-state index contributed by atoms with van der Waals surface area (Å²) in [5, 5.41) is 1.89. The SMILES string of the molecule is C=CCN(N)c1nc(C)n(-c2c(Cl)cccc2Cl)c(=O)n1. The minimum Gasteiger partial charge on any atom is -0.275 e. The van der Waals surface area contributed by atoms with Crippen LogP contribution in [0.15, 0.2) is 35.6 Å². The van der Waals surface area contributed by atoms with E-state index in [0.29, 0.717) is 28.1 Å². The highest BCUT2D eigenvalue weighted by Crippen LogP contribution is 2.27. The molecule has 0 unspecified atom stereocenters. The Morgan fingerprint density at radius 3 is 2.52 bits per heavy atom. The first-order chi connectivity index (χ1) is 9.95. The molecule has 6 nitrogen and oxygen atoms in total. The van der Waals surface area contributed by atoms with Crippen LogP contribution in [0, 0.1) is 6.92 Å². The maximum absolute atomic E-state index is 12.3. The van der Waals surface area contributed by atoms with Gasteiger partial charge in [-0.25, -0.2) is 15.2 Å². The number of para-hydroxylation sites is 1. The molecule has 0 aliphatic rings. The fourth-order valence-electron chi connectivity index (χ4n) is 1.80. The van der Waals surface area contributed by atoms with Gasteiger partial charge in [0.2, 0.25) is 5.95 Å². The van der Waals surface area contributed by atoms with Crippen molar-refractivity contribution in [2.75, 3.05) is 11.6 Å². The van der Waals surface area contributed by atoms with Crippen LogP contribution in [0.4, 0.5) is 5.95 Å². The molecule has 2 rings (SSSR count). The summed E-state index contributed by atoms with van der Waals surface area (Å²) in [4.78, 5) is 20.3. The van der Waals surface area contributed by atoms with Crippen LogP contribution in [-0.2, 0) is 0 Å². The van der Waals surface area contributed by atoms with Gasteiger partial charge >= 0.3 is 5.69 Å². The Balaban J connectivity index is 2.62. The summed E-state index contributed by atoms with van der Waals surface area (Å²) in [6.07, 6.45) is 1.58. The lowest BCUT2D eigenvalue weighted by atomic mass is 10.3. The van der Waals surface area contributed by atoms with E-state index in [1.165, 1.54) is 9.58 Å². The quantitative estimate of drug-likeness (QED) is 0.529. The molecular formula is C13H13Cl2N5O. The predicted molar refractivity (Wildman–Crippen MR) is 84.1 cm³/mol. The van der Waals surface area contributed by atoms with Crippen LogP contribution in [0.1, 0.15) is 5.82 Å². The number of halogens is 2. The van der Waals surface area contributed by atoms with Crippen molar-refractivity contribution >= 4 is 29.2 Å². The predicted octanol–water partition coefficient (Wildman–Crippen LogP) is 2.11. The number of hydrogen-bond acceptors (Lipinski definition) is 5. The summed E-state index contributed by atoms with van der Waals surface area (Å²) in [6.45, 7) is 5.53. The number of benzene rings is 1. The lowest BCUT2D eigenvalue weighted by Gasteiger charge is -2.17. The van der Waals surface area contributed by atoms with Gasteiger partial charge in [-0.1, -0.05) is 35.3 Å². The molecular weight excluding hydrogens is 313 g/mol. The zero-order chi connectivity index (χ0) is 15.6. The van der Waals surface area contributed by atoms with Crippen molar-refractivity contribution in [1.82, 2.24) is 14.5 Å². The highest BCUT2D eigenvalue weighted by molar-refractivity contribution is 6.37. The van der Waals surface area contributed by atoms with Crippen LogP contribution >= 0.6 is 23.2 Å². The van der Waals surface area contributed by atoms with Gasteiger partial charge in [-0.3, -0.25) is 5.01 Å². The van der Waals surface area contributed by atoms with E-state index in [1.54, 1.807) is 31.2 Å². The molecule has 0 spiro atoms. The fraction of sp³-hybridized carbons (Fsp3) is 0.154. The molecule has 110 valence electrons. The number of nitrogens with zero attached hydrogens (tertiary/aromatic N) is 4. The monoisotopic (exact) mass is 325 g/mol. The van der Waals surface area contributed by atoms with Gasteiger partial charge in [0.25, 0.3) is 0 Å². The number of aromatic nitrogens is 3. The number of anilines is 1. The maximum atomic E-state index is 12.3. The van der Waals surface area contributed by atoms with Gasteiger partial charge in [-0.15, -0.1) is 6.58 Å². The van der Waals surface area contributed by atoms with E-state index in [1.807, 2.05) is 0 Å². The lowest BCUT2D eigenvalue weighted by molar-refractivity contribution is 0.768. The summed E-state index contributed by atoms with van der Waals surface area (Å²) < 4.78 is 1.25. The Kier molecular flexibility index (Phi) is 4.62. The van der Waals surface area contributed by atoms with Crippen LogP contribution in [-0.4, -0.2) is 21.1 Å². The van der Waals surface area contributed by atoms with E-state index in [0.717, 1.165) is 0 Å². The van der Waals surface area contributed by atoms with Gasteiger partial charge in [0, 0.05) is 0 Å². The van der Waals surface area contributed by atoms with Crippen molar-refractivity contribution in [3.63, 3.8) is 0 Å². The second kappa shape index (κ2) is 6.26. The first kappa shape index (κ1) is 15.5. The summed E-state index contributed by atoms with van der Waals surface area (Å²) in [5.41, 5.74) is -0.214. The van der Waals surface area contributed by atoms with E-state index in [9.17, 15) is 4.79 Å². The molecule has 1 aromatic heterocycles. The van der Waals surface area contributed by atoms with Crippen molar-refractivity contribution in [3.05, 3.63) is 57.2 Å². The molecule has 0 saturated carbocycles. The molecule has 2 aromatic rings. The molecule has 8 heteroatoms. The minimum atomic E-state index is -0.563. The average molecular weight is 326 g/mol. The third-order valence-corrected chi connectivity index (χ3v) is 3.33. The third kappa shape index (κ3) is 3.07. The van der Waals surface area contributed by atoms with Crippen LogP contribution in [0.25, 0.3) is 5.69 Å². The first-order valence-electron chi connectivity index (χ1n) is 6.01. The summed E-state index contributed by atoms with van der Waals surface area (Å²) in [5.74, 6) is 6.21. The third-order valence-electron chi connectivity index (χ3n) is 2.72. The molecule has 1 aromatic carbocycles. The van der Waals surface area contributed by atoms with Crippen LogP contribution in [0.3, 0.4) is 0 Å². The average Bonchev–Trinajstić information content (AvgIpc) is 2.41. The fourth-order valence-corrected chi connectivity index (χ4v) is 2.37. The van der Waals surface area contributed by atoms with Crippen molar-refractivity contribution in [2.24, 2.45) is 5.84 Å². The number of hydrogen-bond donors (Lipinski definition) is 1. The molecule has 0 amide bonds. The normalized spacial score (nSPS) is 10.5. The number of nitrogens with two attached hydrogens (primary N) is 1. The smallest absolute Gasteiger partial charge is 0.275 e. The Morgan fingerprint density at radius 1 is 1.38 bits per heavy atom. The van der Waals surface area contributed by atoms with Crippen molar-refractivity contribution in [2.45, 2.75) is 6.92 Å². The number of hydrazine groups is 1. The second-order valence-corrected chi connectivity index (χ2v) is 5.01.